The quantitative estimate of drug-likeness (QED) is 0.749. The average Bonchev–Trinajstić information content (AvgIpc) is 2.46. The van der Waals surface area contributed by atoms with E-state index in [1.54, 1.807) is 0 Å². The molecule has 1 aliphatic carbocycles. The smallest absolute Gasteiger partial charge is 0.119 e. The third-order valence-corrected chi connectivity index (χ3v) is 4.04. The largest absolute Gasteiger partial charge is 0.494 e. The van der Waals surface area contributed by atoms with Gasteiger partial charge in [-0.2, -0.15) is 0 Å². The fourth-order valence-electron chi connectivity index (χ4n) is 3.11. The van der Waals surface area contributed by atoms with Crippen molar-refractivity contribution in [1.29, 1.82) is 0 Å². The van der Waals surface area contributed by atoms with Crippen molar-refractivity contribution < 1.29 is 4.74 Å². The molecule has 1 aromatic rings. The topological polar surface area (TPSA) is 21.3 Å². The fourth-order valence-corrected chi connectivity index (χ4v) is 3.11. The van der Waals surface area contributed by atoms with Crippen molar-refractivity contribution in [3.8, 4) is 5.75 Å². The molecular formula is C17H27NO. The number of benzene rings is 1. The van der Waals surface area contributed by atoms with Gasteiger partial charge in [-0.05, 0) is 50.3 Å². The minimum Gasteiger partial charge on any atom is -0.494 e. The van der Waals surface area contributed by atoms with Gasteiger partial charge in [-0.1, -0.05) is 38.0 Å². The first-order valence-corrected chi connectivity index (χ1v) is 7.79. The van der Waals surface area contributed by atoms with E-state index >= 15 is 0 Å². The Labute approximate surface area is 117 Å². The van der Waals surface area contributed by atoms with Gasteiger partial charge in [-0.3, -0.25) is 0 Å². The highest BCUT2D eigenvalue weighted by molar-refractivity contribution is 5.20. The van der Waals surface area contributed by atoms with Crippen molar-refractivity contribution in [3.63, 3.8) is 0 Å². The Kier molecular flexibility index (Phi) is 6.22. The van der Waals surface area contributed by atoms with Crippen LogP contribution in [0.5, 0.6) is 5.75 Å². The van der Waals surface area contributed by atoms with E-state index in [-0.39, 0.29) is 0 Å². The second-order valence-electron chi connectivity index (χ2n) is 5.59. The Bertz CT molecular complexity index is 336. The third kappa shape index (κ3) is 5.23. The molecule has 0 saturated heterocycles. The lowest BCUT2D eigenvalue weighted by atomic mass is 9.83. The molecule has 2 rings (SSSR count). The van der Waals surface area contributed by atoms with Crippen molar-refractivity contribution >= 4 is 0 Å². The van der Waals surface area contributed by atoms with Gasteiger partial charge in [0.15, 0.2) is 0 Å². The molecule has 0 bridgehead atoms. The highest BCUT2D eigenvalue weighted by Gasteiger charge is 2.20. The number of rotatable bonds is 7. The van der Waals surface area contributed by atoms with Gasteiger partial charge in [-0.15, -0.1) is 0 Å². The Balaban J connectivity index is 1.60. The van der Waals surface area contributed by atoms with Crippen LogP contribution < -0.4 is 10.1 Å². The molecule has 0 aromatic heterocycles. The monoisotopic (exact) mass is 261 g/mol. The summed E-state index contributed by atoms with van der Waals surface area (Å²) in [6.45, 7) is 4.16. The van der Waals surface area contributed by atoms with Gasteiger partial charge in [0.1, 0.15) is 5.75 Å². The molecule has 106 valence electrons. The first kappa shape index (κ1) is 14.4. The number of hydrogen-bond acceptors (Lipinski definition) is 2. The summed E-state index contributed by atoms with van der Waals surface area (Å²) in [6, 6.07) is 10.9. The predicted octanol–water partition coefficient (Wildman–Crippen LogP) is 4.01. The number of para-hydroxylation sites is 1. The molecule has 1 fully saturated rings. The number of ether oxygens (including phenoxy) is 1. The van der Waals surface area contributed by atoms with Crippen LogP contribution >= 0.6 is 0 Å². The predicted molar refractivity (Wildman–Crippen MR) is 80.6 cm³/mol. The minimum atomic E-state index is 0.763. The Morgan fingerprint density at radius 3 is 2.84 bits per heavy atom. The lowest BCUT2D eigenvalue weighted by Gasteiger charge is -2.29. The summed E-state index contributed by atoms with van der Waals surface area (Å²) in [6.07, 6.45) is 8.02. The Morgan fingerprint density at radius 2 is 2.05 bits per heavy atom. The van der Waals surface area contributed by atoms with E-state index < -0.39 is 0 Å². The molecule has 0 aliphatic heterocycles. The van der Waals surface area contributed by atoms with Gasteiger partial charge in [0.05, 0.1) is 6.61 Å². The molecule has 2 heteroatoms. The van der Waals surface area contributed by atoms with Crippen LogP contribution in [0.4, 0.5) is 0 Å². The maximum Gasteiger partial charge on any atom is 0.119 e. The zero-order chi connectivity index (χ0) is 13.3. The van der Waals surface area contributed by atoms with Gasteiger partial charge in [-0.25, -0.2) is 0 Å². The molecule has 0 heterocycles. The van der Waals surface area contributed by atoms with Crippen LogP contribution in [0.3, 0.4) is 0 Å². The van der Waals surface area contributed by atoms with Gasteiger partial charge >= 0.3 is 0 Å². The van der Waals surface area contributed by atoms with Crippen molar-refractivity contribution in [3.05, 3.63) is 30.3 Å². The van der Waals surface area contributed by atoms with Gasteiger partial charge in [0.2, 0.25) is 0 Å². The van der Waals surface area contributed by atoms with E-state index in [2.05, 4.69) is 12.2 Å². The first-order chi connectivity index (χ1) is 9.38. The standard InChI is InChI=1S/C17H27NO/c1-2-18-16-10-6-8-15(14-16)9-7-13-19-17-11-4-3-5-12-17/h3-5,11-12,15-16,18H,2,6-10,13-14H2,1H3. The zero-order valence-electron chi connectivity index (χ0n) is 12.1. The van der Waals surface area contributed by atoms with E-state index in [0.717, 1.165) is 30.9 Å². The molecule has 1 N–H and O–H groups in total. The van der Waals surface area contributed by atoms with Crippen LogP contribution in [-0.2, 0) is 0 Å². The Hall–Kier alpha value is -1.02. The van der Waals surface area contributed by atoms with Crippen LogP contribution in [0.25, 0.3) is 0 Å². The normalized spacial score (nSPS) is 23.2. The van der Waals surface area contributed by atoms with Crippen molar-refractivity contribution in [2.24, 2.45) is 5.92 Å². The van der Waals surface area contributed by atoms with Crippen molar-refractivity contribution in [2.45, 2.75) is 51.5 Å². The average molecular weight is 261 g/mol. The van der Waals surface area contributed by atoms with Gasteiger partial charge in [0.25, 0.3) is 0 Å². The molecule has 0 amide bonds. The molecule has 19 heavy (non-hydrogen) atoms. The Morgan fingerprint density at radius 1 is 1.21 bits per heavy atom. The van der Waals surface area contributed by atoms with Crippen molar-refractivity contribution in [1.82, 2.24) is 5.32 Å². The molecular weight excluding hydrogens is 234 g/mol. The van der Waals surface area contributed by atoms with E-state index in [1.807, 2.05) is 30.3 Å². The third-order valence-electron chi connectivity index (χ3n) is 4.04. The van der Waals surface area contributed by atoms with Crippen molar-refractivity contribution in [2.75, 3.05) is 13.2 Å². The van der Waals surface area contributed by atoms with Crippen LogP contribution in [-0.4, -0.2) is 19.2 Å². The summed E-state index contributed by atoms with van der Waals surface area (Å²) >= 11 is 0. The van der Waals surface area contributed by atoms with Crippen LogP contribution in [0.15, 0.2) is 30.3 Å². The minimum absolute atomic E-state index is 0.763. The maximum absolute atomic E-state index is 5.76. The summed E-state index contributed by atoms with van der Waals surface area (Å²) in [5.41, 5.74) is 0. The zero-order valence-corrected chi connectivity index (χ0v) is 12.1. The maximum atomic E-state index is 5.76. The van der Waals surface area contributed by atoms with Gasteiger partial charge < -0.3 is 10.1 Å². The molecule has 2 atom stereocenters. The summed E-state index contributed by atoms with van der Waals surface area (Å²) in [5, 5.41) is 3.60. The summed E-state index contributed by atoms with van der Waals surface area (Å²) in [7, 11) is 0. The number of hydrogen-bond donors (Lipinski definition) is 1. The highest BCUT2D eigenvalue weighted by Crippen LogP contribution is 2.27. The first-order valence-electron chi connectivity index (χ1n) is 7.79. The van der Waals surface area contributed by atoms with E-state index in [9.17, 15) is 0 Å². The summed E-state index contributed by atoms with van der Waals surface area (Å²) in [5.74, 6) is 1.90. The summed E-state index contributed by atoms with van der Waals surface area (Å²) < 4.78 is 5.76. The second kappa shape index (κ2) is 8.21. The molecule has 1 aromatic carbocycles. The molecule has 1 aliphatic rings. The molecule has 0 spiro atoms. The van der Waals surface area contributed by atoms with E-state index in [1.165, 1.54) is 38.5 Å². The van der Waals surface area contributed by atoms with Gasteiger partial charge in [0, 0.05) is 6.04 Å². The highest BCUT2D eigenvalue weighted by atomic mass is 16.5. The fraction of sp³-hybridized carbons (Fsp3) is 0.647. The van der Waals surface area contributed by atoms with E-state index in [0.29, 0.717) is 0 Å². The van der Waals surface area contributed by atoms with Crippen LogP contribution in [0.1, 0.15) is 45.4 Å². The summed E-state index contributed by atoms with van der Waals surface area (Å²) in [4.78, 5) is 0. The lowest BCUT2D eigenvalue weighted by Crippen LogP contribution is -2.34. The van der Waals surface area contributed by atoms with E-state index in [4.69, 9.17) is 4.74 Å². The molecule has 2 unspecified atom stereocenters. The second-order valence-corrected chi connectivity index (χ2v) is 5.59. The van der Waals surface area contributed by atoms with Crippen LogP contribution in [0.2, 0.25) is 0 Å². The van der Waals surface area contributed by atoms with Crippen LogP contribution in [0, 0.1) is 5.92 Å². The number of nitrogens with one attached hydrogen (secondary N) is 1. The molecule has 2 nitrogen and oxygen atoms in total. The molecule has 0 radical (unpaired) electrons. The molecule has 1 saturated carbocycles. The lowest BCUT2D eigenvalue weighted by molar-refractivity contribution is 0.244. The SMILES string of the molecule is CCNC1CCCC(CCCOc2ccccc2)C1.